The second kappa shape index (κ2) is 8.10. The molecule has 0 aliphatic heterocycles. The number of hydrogen-bond donors (Lipinski definition) is 3. The van der Waals surface area contributed by atoms with Crippen LogP contribution in [-0.2, 0) is 0 Å². The maximum Gasteiger partial charge on any atom is 0.323 e. The van der Waals surface area contributed by atoms with E-state index in [9.17, 15) is 14.4 Å². The van der Waals surface area contributed by atoms with Crippen LogP contribution in [0.15, 0.2) is 48.5 Å². The highest BCUT2D eigenvalue weighted by molar-refractivity contribution is 6.02. The third-order valence-corrected chi connectivity index (χ3v) is 3.35. The molecule has 2 aromatic carbocycles. The van der Waals surface area contributed by atoms with E-state index in [1.54, 1.807) is 48.5 Å². The summed E-state index contributed by atoms with van der Waals surface area (Å²) >= 11 is 0. The molecule has 0 fully saturated rings. The standard InChI is InChI=1S/C19H21N3O3/c1-12(2)20-18(24)14-7-9-16(10-8-14)21-19(25)22-17-6-4-5-15(11-17)13(3)23/h4-12H,1-3H3,(H,20,24)(H2,21,22,25). The highest BCUT2D eigenvalue weighted by Gasteiger charge is 2.08. The van der Waals surface area contributed by atoms with Gasteiger partial charge in [0, 0.05) is 28.5 Å². The van der Waals surface area contributed by atoms with Gasteiger partial charge in [-0.05, 0) is 57.2 Å². The lowest BCUT2D eigenvalue weighted by Crippen LogP contribution is -2.30. The van der Waals surface area contributed by atoms with Crippen LogP contribution in [0.4, 0.5) is 16.2 Å². The maximum atomic E-state index is 12.0. The maximum absolute atomic E-state index is 12.0. The second-order valence-electron chi connectivity index (χ2n) is 5.92. The minimum atomic E-state index is -0.430. The van der Waals surface area contributed by atoms with Crippen molar-refractivity contribution >= 4 is 29.1 Å². The van der Waals surface area contributed by atoms with E-state index in [-0.39, 0.29) is 17.7 Å². The first kappa shape index (κ1) is 18.2. The van der Waals surface area contributed by atoms with Crippen LogP contribution >= 0.6 is 0 Å². The number of Topliss-reactive ketones (excluding diaryl/α,β-unsaturated/α-hetero) is 1. The van der Waals surface area contributed by atoms with Gasteiger partial charge in [0.25, 0.3) is 5.91 Å². The summed E-state index contributed by atoms with van der Waals surface area (Å²) in [6.45, 7) is 5.24. The summed E-state index contributed by atoms with van der Waals surface area (Å²) in [6, 6.07) is 12.9. The predicted molar refractivity (Wildman–Crippen MR) is 98.1 cm³/mol. The number of benzene rings is 2. The summed E-state index contributed by atoms with van der Waals surface area (Å²) in [7, 11) is 0. The molecular weight excluding hydrogens is 318 g/mol. The fourth-order valence-corrected chi connectivity index (χ4v) is 2.16. The summed E-state index contributed by atoms with van der Waals surface area (Å²) in [5.41, 5.74) is 2.13. The lowest BCUT2D eigenvalue weighted by Gasteiger charge is -2.10. The van der Waals surface area contributed by atoms with Gasteiger partial charge in [0.1, 0.15) is 0 Å². The van der Waals surface area contributed by atoms with E-state index in [1.807, 2.05) is 13.8 Å². The molecule has 25 heavy (non-hydrogen) atoms. The molecule has 6 nitrogen and oxygen atoms in total. The van der Waals surface area contributed by atoms with Crippen molar-refractivity contribution < 1.29 is 14.4 Å². The Morgan fingerprint density at radius 3 is 2.08 bits per heavy atom. The van der Waals surface area contributed by atoms with Crippen LogP contribution in [0.5, 0.6) is 0 Å². The van der Waals surface area contributed by atoms with Gasteiger partial charge in [-0.25, -0.2) is 4.79 Å². The highest BCUT2D eigenvalue weighted by Crippen LogP contribution is 2.13. The second-order valence-corrected chi connectivity index (χ2v) is 5.92. The Labute approximate surface area is 146 Å². The average molecular weight is 339 g/mol. The van der Waals surface area contributed by atoms with Crippen molar-refractivity contribution in [2.24, 2.45) is 0 Å². The molecule has 6 heteroatoms. The van der Waals surface area contributed by atoms with Gasteiger partial charge < -0.3 is 16.0 Å². The Bertz CT molecular complexity index is 783. The number of amides is 3. The lowest BCUT2D eigenvalue weighted by atomic mass is 10.1. The Kier molecular flexibility index (Phi) is 5.89. The quantitative estimate of drug-likeness (QED) is 0.726. The molecule has 0 aliphatic rings. The zero-order valence-corrected chi connectivity index (χ0v) is 14.4. The Morgan fingerprint density at radius 2 is 1.48 bits per heavy atom. The molecular formula is C19H21N3O3. The summed E-state index contributed by atoms with van der Waals surface area (Å²) in [5.74, 6) is -0.230. The minimum Gasteiger partial charge on any atom is -0.350 e. The molecule has 3 amide bonds. The van der Waals surface area contributed by atoms with Gasteiger partial charge in [0.2, 0.25) is 0 Å². The first-order valence-corrected chi connectivity index (χ1v) is 7.95. The molecule has 0 spiro atoms. The number of nitrogens with one attached hydrogen (secondary N) is 3. The molecule has 0 aromatic heterocycles. The largest absolute Gasteiger partial charge is 0.350 e. The van der Waals surface area contributed by atoms with Crippen LogP contribution < -0.4 is 16.0 Å². The molecule has 2 aromatic rings. The van der Waals surface area contributed by atoms with Crippen LogP contribution in [-0.4, -0.2) is 23.8 Å². The van der Waals surface area contributed by atoms with Gasteiger partial charge in [-0.1, -0.05) is 12.1 Å². The molecule has 2 rings (SSSR count). The van der Waals surface area contributed by atoms with Gasteiger partial charge in [0.15, 0.2) is 5.78 Å². The van der Waals surface area contributed by atoms with Crippen molar-refractivity contribution in [1.82, 2.24) is 5.32 Å². The fraction of sp³-hybridized carbons (Fsp3) is 0.211. The van der Waals surface area contributed by atoms with E-state index >= 15 is 0 Å². The monoisotopic (exact) mass is 339 g/mol. The van der Waals surface area contributed by atoms with Crippen LogP contribution in [0.25, 0.3) is 0 Å². The molecule has 3 N–H and O–H groups in total. The summed E-state index contributed by atoms with van der Waals surface area (Å²) in [4.78, 5) is 35.3. The first-order chi connectivity index (χ1) is 11.8. The number of rotatable bonds is 5. The SMILES string of the molecule is CC(=O)c1cccc(NC(=O)Nc2ccc(C(=O)NC(C)C)cc2)c1. The molecule has 130 valence electrons. The van der Waals surface area contributed by atoms with Gasteiger partial charge in [-0.15, -0.1) is 0 Å². The first-order valence-electron chi connectivity index (χ1n) is 7.95. The fourth-order valence-electron chi connectivity index (χ4n) is 2.16. The van der Waals surface area contributed by atoms with Crippen molar-refractivity contribution in [3.63, 3.8) is 0 Å². The van der Waals surface area contributed by atoms with Gasteiger partial charge in [-0.2, -0.15) is 0 Å². The molecule has 0 unspecified atom stereocenters. The smallest absolute Gasteiger partial charge is 0.323 e. The molecule has 0 atom stereocenters. The Hall–Kier alpha value is -3.15. The van der Waals surface area contributed by atoms with E-state index in [2.05, 4.69) is 16.0 Å². The summed E-state index contributed by atoms with van der Waals surface area (Å²) in [6.07, 6.45) is 0. The summed E-state index contributed by atoms with van der Waals surface area (Å²) in [5, 5.41) is 8.15. The van der Waals surface area contributed by atoms with E-state index in [0.29, 0.717) is 22.5 Å². The zero-order valence-electron chi connectivity index (χ0n) is 14.4. The average Bonchev–Trinajstić information content (AvgIpc) is 2.55. The molecule has 0 radical (unpaired) electrons. The molecule has 0 saturated heterocycles. The van der Waals surface area contributed by atoms with E-state index in [4.69, 9.17) is 0 Å². The van der Waals surface area contributed by atoms with E-state index in [0.717, 1.165) is 0 Å². The number of carbonyl (C=O) groups excluding carboxylic acids is 3. The van der Waals surface area contributed by atoms with E-state index < -0.39 is 6.03 Å². The molecule has 0 heterocycles. The predicted octanol–water partition coefficient (Wildman–Crippen LogP) is 3.67. The Morgan fingerprint density at radius 1 is 0.840 bits per heavy atom. The number of hydrogen-bond acceptors (Lipinski definition) is 3. The van der Waals surface area contributed by atoms with E-state index in [1.165, 1.54) is 6.92 Å². The third kappa shape index (κ3) is 5.46. The van der Waals surface area contributed by atoms with Crippen LogP contribution in [0.1, 0.15) is 41.5 Å². The Balaban J connectivity index is 1.97. The van der Waals surface area contributed by atoms with Crippen LogP contribution in [0, 0.1) is 0 Å². The van der Waals surface area contributed by atoms with Crippen LogP contribution in [0.2, 0.25) is 0 Å². The zero-order chi connectivity index (χ0) is 18.4. The van der Waals surface area contributed by atoms with Crippen molar-refractivity contribution in [2.45, 2.75) is 26.8 Å². The van der Waals surface area contributed by atoms with Gasteiger partial charge in [-0.3, -0.25) is 9.59 Å². The normalized spacial score (nSPS) is 10.2. The van der Waals surface area contributed by atoms with Crippen molar-refractivity contribution in [3.8, 4) is 0 Å². The van der Waals surface area contributed by atoms with Crippen molar-refractivity contribution in [3.05, 3.63) is 59.7 Å². The third-order valence-electron chi connectivity index (χ3n) is 3.35. The molecule has 0 bridgehead atoms. The number of carbonyl (C=O) groups is 3. The topological polar surface area (TPSA) is 87.3 Å². The number of anilines is 2. The van der Waals surface area contributed by atoms with Gasteiger partial charge in [0.05, 0.1) is 0 Å². The molecule has 0 saturated carbocycles. The van der Waals surface area contributed by atoms with Crippen LogP contribution in [0.3, 0.4) is 0 Å². The highest BCUT2D eigenvalue weighted by atomic mass is 16.2. The lowest BCUT2D eigenvalue weighted by molar-refractivity contribution is 0.0942. The summed E-state index contributed by atoms with van der Waals surface area (Å²) < 4.78 is 0. The van der Waals surface area contributed by atoms with Crippen molar-refractivity contribution in [1.29, 1.82) is 0 Å². The molecule has 0 aliphatic carbocycles. The van der Waals surface area contributed by atoms with Crippen molar-refractivity contribution in [2.75, 3.05) is 10.6 Å². The van der Waals surface area contributed by atoms with Gasteiger partial charge >= 0.3 is 6.03 Å². The number of urea groups is 1. The minimum absolute atomic E-state index is 0.0573. The number of ketones is 1.